The summed E-state index contributed by atoms with van der Waals surface area (Å²) in [5, 5.41) is 5.95. The lowest BCUT2D eigenvalue weighted by Gasteiger charge is -2.11. The Morgan fingerprint density at radius 3 is 2.65 bits per heavy atom. The number of rotatable bonds is 10. The molecule has 31 heavy (non-hydrogen) atoms. The number of carbonyl (C=O) groups is 2. The molecule has 162 valence electrons. The average molecular weight is 442 g/mol. The Balaban J connectivity index is 1.48. The van der Waals surface area contributed by atoms with E-state index < -0.39 is 5.97 Å². The highest BCUT2D eigenvalue weighted by atomic mass is 32.1. The molecule has 3 aromatic rings. The quantitative estimate of drug-likeness (QED) is 0.381. The summed E-state index contributed by atoms with van der Waals surface area (Å²) in [6, 6.07) is 8.64. The smallest absolute Gasteiger partial charge is 0.343 e. The summed E-state index contributed by atoms with van der Waals surface area (Å²) in [7, 11) is 2.75. The van der Waals surface area contributed by atoms with Crippen LogP contribution in [0.25, 0.3) is 11.3 Å². The predicted octanol–water partition coefficient (Wildman–Crippen LogP) is 3.13. The first kappa shape index (κ1) is 22.2. The molecule has 0 saturated carbocycles. The molecule has 0 unspecified atom stereocenters. The van der Waals surface area contributed by atoms with E-state index in [4.69, 9.17) is 9.47 Å². The first-order valence-corrected chi connectivity index (χ1v) is 10.5. The summed E-state index contributed by atoms with van der Waals surface area (Å²) in [5.74, 6) is 0.00707. The van der Waals surface area contributed by atoms with Gasteiger partial charge in [-0.25, -0.2) is 9.78 Å². The van der Waals surface area contributed by atoms with Crippen LogP contribution in [0.2, 0.25) is 0 Å². The van der Waals surface area contributed by atoms with Gasteiger partial charge in [0, 0.05) is 41.9 Å². The maximum Gasteiger partial charge on any atom is 0.343 e. The minimum Gasteiger partial charge on any atom is -0.493 e. The average Bonchev–Trinajstić information content (AvgIpc) is 3.29. The van der Waals surface area contributed by atoms with Gasteiger partial charge in [-0.05, 0) is 36.8 Å². The van der Waals surface area contributed by atoms with Crippen LogP contribution >= 0.6 is 11.3 Å². The third-order valence-electron chi connectivity index (χ3n) is 4.38. The summed E-state index contributed by atoms with van der Waals surface area (Å²) in [4.78, 5) is 32.3. The predicted molar refractivity (Wildman–Crippen MR) is 117 cm³/mol. The fraction of sp³-hybridized carbons (Fsp3) is 0.273. The number of nitrogens with zero attached hydrogens (tertiary/aromatic N) is 2. The van der Waals surface area contributed by atoms with E-state index in [-0.39, 0.29) is 12.5 Å². The van der Waals surface area contributed by atoms with Gasteiger partial charge in [0.1, 0.15) is 0 Å². The minimum absolute atomic E-state index is 0.213. The number of methoxy groups -OCH3 is 2. The Morgan fingerprint density at radius 2 is 1.90 bits per heavy atom. The van der Waals surface area contributed by atoms with Gasteiger partial charge in [-0.3, -0.25) is 9.78 Å². The number of ether oxygens (including phenoxy) is 3. The number of esters is 1. The Hall–Kier alpha value is -3.46. The van der Waals surface area contributed by atoms with E-state index in [0.29, 0.717) is 23.6 Å². The molecule has 0 spiro atoms. The molecule has 0 radical (unpaired) electrons. The first-order chi connectivity index (χ1) is 15.1. The van der Waals surface area contributed by atoms with Crippen LogP contribution in [0.4, 0.5) is 0 Å². The van der Waals surface area contributed by atoms with Gasteiger partial charge in [0.2, 0.25) is 0 Å². The van der Waals surface area contributed by atoms with Crippen LogP contribution < -0.4 is 14.8 Å². The molecule has 2 aromatic heterocycles. The molecule has 3 rings (SSSR count). The van der Waals surface area contributed by atoms with Crippen molar-refractivity contribution in [1.82, 2.24) is 15.3 Å². The largest absolute Gasteiger partial charge is 0.493 e. The fourth-order valence-electron chi connectivity index (χ4n) is 2.75. The number of aryl methyl sites for hydroxylation is 1. The van der Waals surface area contributed by atoms with E-state index in [2.05, 4.69) is 20.0 Å². The summed E-state index contributed by atoms with van der Waals surface area (Å²) < 4.78 is 15.2. The van der Waals surface area contributed by atoms with Crippen LogP contribution in [0, 0.1) is 0 Å². The molecule has 0 atom stereocenters. The highest BCUT2D eigenvalue weighted by Crippen LogP contribution is 2.28. The number of nitrogens with one attached hydrogen (secondary N) is 1. The fourth-order valence-corrected chi connectivity index (χ4v) is 3.60. The number of benzene rings is 1. The molecule has 0 aliphatic carbocycles. The van der Waals surface area contributed by atoms with Crippen molar-refractivity contribution in [2.45, 2.75) is 12.8 Å². The Bertz CT molecular complexity index is 1020. The van der Waals surface area contributed by atoms with Crippen LogP contribution in [0.1, 0.15) is 21.8 Å². The second kappa shape index (κ2) is 11.1. The van der Waals surface area contributed by atoms with Crippen LogP contribution in [0.5, 0.6) is 11.5 Å². The Labute approximate surface area is 184 Å². The molecule has 8 nitrogen and oxygen atoms in total. The number of amides is 1. The molecule has 9 heteroatoms. The van der Waals surface area contributed by atoms with Crippen molar-refractivity contribution in [2.24, 2.45) is 0 Å². The van der Waals surface area contributed by atoms with Gasteiger partial charge in [0.05, 0.1) is 24.9 Å². The number of hydrogen-bond donors (Lipinski definition) is 1. The molecule has 1 aromatic carbocycles. The van der Waals surface area contributed by atoms with Crippen LogP contribution in [0.15, 0.2) is 48.1 Å². The van der Waals surface area contributed by atoms with E-state index in [1.165, 1.54) is 14.2 Å². The Morgan fingerprint density at radius 1 is 1.10 bits per heavy atom. The lowest BCUT2D eigenvalue weighted by molar-refractivity contribution is -0.142. The van der Waals surface area contributed by atoms with E-state index in [1.54, 1.807) is 41.9 Å². The van der Waals surface area contributed by atoms with Crippen LogP contribution in [-0.4, -0.2) is 49.2 Å². The van der Waals surface area contributed by atoms with Gasteiger partial charge < -0.3 is 19.5 Å². The number of thiazole rings is 1. The zero-order valence-electron chi connectivity index (χ0n) is 17.3. The van der Waals surface area contributed by atoms with Gasteiger partial charge in [-0.15, -0.1) is 11.3 Å². The van der Waals surface area contributed by atoms with Crippen molar-refractivity contribution < 1.29 is 23.8 Å². The zero-order valence-corrected chi connectivity index (χ0v) is 18.1. The van der Waals surface area contributed by atoms with E-state index in [1.807, 2.05) is 17.5 Å². The van der Waals surface area contributed by atoms with Gasteiger partial charge in [-0.2, -0.15) is 0 Å². The van der Waals surface area contributed by atoms with Crippen molar-refractivity contribution in [3.05, 3.63) is 58.7 Å². The third kappa shape index (κ3) is 6.26. The second-order valence-corrected chi connectivity index (χ2v) is 7.39. The molecule has 1 N–H and O–H groups in total. The molecule has 1 amide bonds. The van der Waals surface area contributed by atoms with Crippen molar-refractivity contribution in [3.63, 3.8) is 0 Å². The topological polar surface area (TPSA) is 99.6 Å². The van der Waals surface area contributed by atoms with Crippen LogP contribution in [0.3, 0.4) is 0 Å². The third-order valence-corrected chi connectivity index (χ3v) is 5.29. The van der Waals surface area contributed by atoms with Crippen molar-refractivity contribution in [3.8, 4) is 22.8 Å². The summed E-state index contributed by atoms with van der Waals surface area (Å²) in [5.41, 5.74) is 2.42. The van der Waals surface area contributed by atoms with Crippen molar-refractivity contribution >= 4 is 23.2 Å². The van der Waals surface area contributed by atoms with E-state index >= 15 is 0 Å². The molecule has 0 fully saturated rings. The first-order valence-electron chi connectivity index (χ1n) is 9.61. The normalized spacial score (nSPS) is 10.4. The van der Waals surface area contributed by atoms with Crippen molar-refractivity contribution in [2.75, 3.05) is 27.4 Å². The number of pyridine rings is 1. The van der Waals surface area contributed by atoms with Gasteiger partial charge in [0.25, 0.3) is 5.91 Å². The molecule has 0 aliphatic rings. The van der Waals surface area contributed by atoms with Crippen LogP contribution in [-0.2, 0) is 16.0 Å². The second-order valence-electron chi connectivity index (χ2n) is 6.45. The maximum absolute atomic E-state index is 12.4. The van der Waals surface area contributed by atoms with Gasteiger partial charge in [0.15, 0.2) is 18.1 Å². The molecule has 0 saturated heterocycles. The molecule has 0 aliphatic heterocycles. The van der Waals surface area contributed by atoms with E-state index in [0.717, 1.165) is 29.1 Å². The van der Waals surface area contributed by atoms with Gasteiger partial charge >= 0.3 is 5.97 Å². The lowest BCUT2D eigenvalue weighted by atomic mass is 10.2. The number of carbonyl (C=O) groups excluding carboxylic acids is 2. The molecular formula is C22H23N3O5S. The molecular weight excluding hydrogens is 418 g/mol. The SMILES string of the molecule is COC(=O)COc1ccc(C(=O)NCCCc2nc(-c3ccncc3)cs2)cc1OC. The number of hydrogen-bond acceptors (Lipinski definition) is 8. The molecule has 2 heterocycles. The zero-order chi connectivity index (χ0) is 22.1. The maximum atomic E-state index is 12.4. The van der Waals surface area contributed by atoms with E-state index in [9.17, 15) is 9.59 Å². The summed E-state index contributed by atoms with van der Waals surface area (Å²) in [6.45, 7) is 0.282. The Kier molecular flexibility index (Phi) is 7.94. The highest BCUT2D eigenvalue weighted by Gasteiger charge is 2.13. The molecule has 0 bridgehead atoms. The minimum atomic E-state index is -0.503. The summed E-state index contributed by atoms with van der Waals surface area (Å²) in [6.07, 6.45) is 5.04. The number of aromatic nitrogens is 2. The highest BCUT2D eigenvalue weighted by molar-refractivity contribution is 7.09. The summed E-state index contributed by atoms with van der Waals surface area (Å²) >= 11 is 1.61. The lowest BCUT2D eigenvalue weighted by Crippen LogP contribution is -2.24. The monoisotopic (exact) mass is 441 g/mol. The van der Waals surface area contributed by atoms with Gasteiger partial charge in [-0.1, -0.05) is 0 Å². The standard InChI is InChI=1S/C22H23N3O5S/c1-28-19-12-16(5-6-18(19)30-13-21(26)29-2)22(27)24-9-3-4-20-25-17(14-31-20)15-7-10-23-11-8-15/h5-8,10-12,14H,3-4,9,13H2,1-2H3,(H,24,27). The van der Waals surface area contributed by atoms with Crippen molar-refractivity contribution in [1.29, 1.82) is 0 Å².